The molecular weight excluding hydrogens is 348 g/mol. The molecule has 0 bridgehead atoms. The van der Waals surface area contributed by atoms with Crippen LogP contribution in [-0.4, -0.2) is 40.6 Å². The molecule has 1 aliphatic carbocycles. The topological polar surface area (TPSA) is 52.6 Å². The van der Waals surface area contributed by atoms with E-state index in [2.05, 4.69) is 24.1 Å². The van der Waals surface area contributed by atoms with Crippen molar-refractivity contribution < 1.29 is 9.90 Å². The number of nitrogens with zero attached hydrogens (tertiary/aromatic N) is 1. The van der Waals surface area contributed by atoms with Gasteiger partial charge in [-0.3, -0.25) is 4.90 Å². The quantitative estimate of drug-likeness (QED) is 0.594. The Labute approximate surface area is 170 Å². The maximum absolute atomic E-state index is 11.5. The average Bonchev–Trinajstić information content (AvgIpc) is 2.69. The Kier molecular flexibility index (Phi) is 7.78. The smallest absolute Gasteiger partial charge is 0.337 e. The largest absolute Gasteiger partial charge is 0.478 e. The van der Waals surface area contributed by atoms with E-state index in [1.165, 1.54) is 51.4 Å². The predicted octanol–water partition coefficient (Wildman–Crippen LogP) is 5.79. The van der Waals surface area contributed by atoms with Crippen LogP contribution in [0.3, 0.4) is 0 Å². The van der Waals surface area contributed by atoms with Gasteiger partial charge in [0.25, 0.3) is 0 Å². The van der Waals surface area contributed by atoms with Gasteiger partial charge in [-0.25, -0.2) is 4.79 Å². The highest BCUT2D eigenvalue weighted by Crippen LogP contribution is 2.35. The number of piperidine rings is 1. The molecule has 2 aliphatic rings. The van der Waals surface area contributed by atoms with Crippen LogP contribution in [0.1, 0.15) is 88.4 Å². The molecule has 0 radical (unpaired) electrons. The predicted molar refractivity (Wildman–Crippen MR) is 116 cm³/mol. The number of carbonyl (C=O) groups is 1. The minimum Gasteiger partial charge on any atom is -0.478 e. The number of benzene rings is 1. The van der Waals surface area contributed by atoms with E-state index < -0.39 is 5.97 Å². The summed E-state index contributed by atoms with van der Waals surface area (Å²) in [5, 5.41) is 13.0. The maximum Gasteiger partial charge on any atom is 0.337 e. The van der Waals surface area contributed by atoms with E-state index in [0.717, 1.165) is 37.0 Å². The van der Waals surface area contributed by atoms with E-state index in [-0.39, 0.29) is 0 Å². The van der Waals surface area contributed by atoms with Crippen molar-refractivity contribution in [3.05, 3.63) is 29.8 Å². The minimum atomic E-state index is -0.852. The average molecular weight is 387 g/mol. The molecule has 1 aliphatic heterocycles. The Morgan fingerprint density at radius 1 is 1.11 bits per heavy atom. The van der Waals surface area contributed by atoms with Crippen molar-refractivity contribution in [3.63, 3.8) is 0 Å². The molecule has 4 nitrogen and oxygen atoms in total. The van der Waals surface area contributed by atoms with Gasteiger partial charge in [0, 0.05) is 30.4 Å². The lowest BCUT2D eigenvalue weighted by molar-refractivity contribution is 0.0485. The zero-order chi connectivity index (χ0) is 19.9. The summed E-state index contributed by atoms with van der Waals surface area (Å²) in [6.07, 6.45) is 12.9. The van der Waals surface area contributed by atoms with Gasteiger partial charge in [0.15, 0.2) is 0 Å². The van der Waals surface area contributed by atoms with E-state index in [1.807, 2.05) is 12.1 Å². The third kappa shape index (κ3) is 5.28. The van der Waals surface area contributed by atoms with Gasteiger partial charge in [0.1, 0.15) is 0 Å². The normalized spacial score (nSPS) is 28.8. The molecule has 1 saturated carbocycles. The number of para-hydroxylation sites is 1. The third-order valence-electron chi connectivity index (χ3n) is 6.82. The van der Waals surface area contributed by atoms with E-state index in [1.54, 1.807) is 12.1 Å². The van der Waals surface area contributed by atoms with Crippen LogP contribution in [0.25, 0.3) is 0 Å². The number of carboxylic acid groups (broad SMARTS) is 1. The van der Waals surface area contributed by atoms with E-state index in [4.69, 9.17) is 0 Å². The molecular formula is C24H38N2O2. The number of aromatic carboxylic acids is 1. The van der Waals surface area contributed by atoms with Gasteiger partial charge in [-0.2, -0.15) is 0 Å². The number of hydrogen-bond donors (Lipinski definition) is 2. The van der Waals surface area contributed by atoms with Gasteiger partial charge in [-0.1, -0.05) is 58.1 Å². The van der Waals surface area contributed by atoms with Gasteiger partial charge < -0.3 is 10.4 Å². The fraction of sp³-hybridized carbons (Fsp3) is 0.708. The van der Waals surface area contributed by atoms with Crippen LogP contribution < -0.4 is 5.32 Å². The third-order valence-corrected chi connectivity index (χ3v) is 6.82. The SMILES string of the molecule is CCC[C@@H]1CCC[C@@H](N2CC[C@H](Nc3ccccc3C(=O)O)C[C@@H]2CCC)C1. The van der Waals surface area contributed by atoms with Gasteiger partial charge >= 0.3 is 5.97 Å². The molecule has 4 atom stereocenters. The molecule has 0 spiro atoms. The van der Waals surface area contributed by atoms with Gasteiger partial charge in [0.2, 0.25) is 0 Å². The molecule has 0 amide bonds. The summed E-state index contributed by atoms with van der Waals surface area (Å²) in [7, 11) is 0. The first-order valence-electron chi connectivity index (χ1n) is 11.5. The second kappa shape index (κ2) is 10.3. The van der Waals surface area contributed by atoms with Crippen LogP contribution in [0, 0.1) is 5.92 Å². The lowest BCUT2D eigenvalue weighted by Crippen LogP contribution is -2.52. The summed E-state index contributed by atoms with van der Waals surface area (Å²) in [5.41, 5.74) is 1.15. The molecule has 1 heterocycles. The molecule has 1 saturated heterocycles. The summed E-state index contributed by atoms with van der Waals surface area (Å²) < 4.78 is 0. The van der Waals surface area contributed by atoms with Crippen LogP contribution in [0.15, 0.2) is 24.3 Å². The highest BCUT2D eigenvalue weighted by atomic mass is 16.4. The van der Waals surface area contributed by atoms with Crippen molar-refractivity contribution in [2.45, 2.75) is 96.2 Å². The first-order valence-corrected chi connectivity index (χ1v) is 11.5. The molecule has 1 aromatic carbocycles. The lowest BCUT2D eigenvalue weighted by Gasteiger charge is -2.47. The Bertz CT molecular complexity index is 631. The number of hydrogen-bond acceptors (Lipinski definition) is 3. The monoisotopic (exact) mass is 386 g/mol. The van der Waals surface area contributed by atoms with Crippen LogP contribution >= 0.6 is 0 Å². The number of likely N-dealkylation sites (tertiary alicyclic amines) is 1. The summed E-state index contributed by atoms with van der Waals surface area (Å²) >= 11 is 0. The fourth-order valence-corrected chi connectivity index (χ4v) is 5.55. The van der Waals surface area contributed by atoms with Crippen LogP contribution in [0.5, 0.6) is 0 Å². The van der Waals surface area contributed by atoms with Gasteiger partial charge in [0.05, 0.1) is 5.56 Å². The zero-order valence-electron chi connectivity index (χ0n) is 17.7. The minimum absolute atomic E-state index is 0.364. The summed E-state index contributed by atoms with van der Waals surface area (Å²) in [6, 6.07) is 9.06. The van der Waals surface area contributed by atoms with Crippen molar-refractivity contribution in [1.82, 2.24) is 4.90 Å². The first-order chi connectivity index (χ1) is 13.6. The van der Waals surface area contributed by atoms with Crippen molar-refractivity contribution in [2.24, 2.45) is 5.92 Å². The van der Waals surface area contributed by atoms with Crippen molar-refractivity contribution in [3.8, 4) is 0 Å². The zero-order valence-corrected chi connectivity index (χ0v) is 17.7. The van der Waals surface area contributed by atoms with E-state index >= 15 is 0 Å². The molecule has 0 aromatic heterocycles. The molecule has 1 aromatic rings. The number of nitrogens with one attached hydrogen (secondary N) is 1. The molecule has 4 heteroatoms. The molecule has 0 unspecified atom stereocenters. The Balaban J connectivity index is 1.65. The first kappa shape index (κ1) is 21.2. The number of rotatable bonds is 8. The van der Waals surface area contributed by atoms with Crippen molar-refractivity contribution >= 4 is 11.7 Å². The summed E-state index contributed by atoms with van der Waals surface area (Å²) in [4.78, 5) is 14.4. The number of carboxylic acids is 1. The second-order valence-corrected chi connectivity index (χ2v) is 8.87. The summed E-state index contributed by atoms with van der Waals surface area (Å²) in [5.74, 6) is 0.0686. The molecule has 2 fully saturated rings. The van der Waals surface area contributed by atoms with Crippen LogP contribution in [-0.2, 0) is 0 Å². The summed E-state index contributed by atoms with van der Waals surface area (Å²) in [6.45, 7) is 5.74. The Hall–Kier alpha value is -1.55. The molecule has 156 valence electrons. The molecule has 2 N–H and O–H groups in total. The maximum atomic E-state index is 11.5. The van der Waals surface area contributed by atoms with Gasteiger partial charge in [-0.05, 0) is 50.2 Å². The van der Waals surface area contributed by atoms with E-state index in [0.29, 0.717) is 17.6 Å². The standard InChI is InChI=1S/C24H38N2O2/c1-3-8-18-10-7-11-21(16-18)26-15-14-19(17-20(26)9-4-2)25-23-13-6-5-12-22(23)24(27)28/h5-6,12-13,18-21,25H,3-4,7-11,14-17H2,1-2H3,(H,27,28)/t18-,19+,20+,21-/m1/s1. The number of anilines is 1. The van der Waals surface area contributed by atoms with Crippen molar-refractivity contribution in [2.75, 3.05) is 11.9 Å². The van der Waals surface area contributed by atoms with Crippen LogP contribution in [0.2, 0.25) is 0 Å². The highest BCUT2D eigenvalue weighted by Gasteiger charge is 2.35. The van der Waals surface area contributed by atoms with Gasteiger partial charge in [-0.15, -0.1) is 0 Å². The second-order valence-electron chi connectivity index (χ2n) is 8.87. The molecule has 3 rings (SSSR count). The lowest BCUT2D eigenvalue weighted by atomic mass is 9.80. The Morgan fingerprint density at radius 3 is 2.64 bits per heavy atom. The molecule has 28 heavy (non-hydrogen) atoms. The fourth-order valence-electron chi connectivity index (χ4n) is 5.55. The van der Waals surface area contributed by atoms with Crippen molar-refractivity contribution in [1.29, 1.82) is 0 Å². The Morgan fingerprint density at radius 2 is 1.89 bits per heavy atom. The van der Waals surface area contributed by atoms with Crippen LogP contribution in [0.4, 0.5) is 5.69 Å². The highest BCUT2D eigenvalue weighted by molar-refractivity contribution is 5.94. The van der Waals surface area contributed by atoms with E-state index in [9.17, 15) is 9.90 Å².